The Morgan fingerprint density at radius 3 is 2.50 bits per heavy atom. The van der Waals surface area contributed by atoms with Gasteiger partial charge in [-0.1, -0.05) is 43.1 Å². The molecule has 2 nitrogen and oxygen atoms in total. The molecule has 0 radical (unpaired) electrons. The molecular formula is C10H14Cl2N2. The van der Waals surface area contributed by atoms with E-state index in [0.29, 0.717) is 16.9 Å². The van der Waals surface area contributed by atoms with Gasteiger partial charge < -0.3 is 5.73 Å². The Morgan fingerprint density at radius 2 is 2.00 bits per heavy atom. The SMILES string of the molecule is CC(C)(CN)Cc1ccc(Cl)nc1Cl. The van der Waals surface area contributed by atoms with Gasteiger partial charge in [-0.05, 0) is 30.0 Å². The van der Waals surface area contributed by atoms with E-state index >= 15 is 0 Å². The summed E-state index contributed by atoms with van der Waals surface area (Å²) in [6.07, 6.45) is 0.812. The first-order valence-corrected chi connectivity index (χ1v) is 5.21. The first-order chi connectivity index (χ1) is 6.44. The van der Waals surface area contributed by atoms with Gasteiger partial charge in [0.2, 0.25) is 0 Å². The number of nitrogens with zero attached hydrogens (tertiary/aromatic N) is 1. The fourth-order valence-corrected chi connectivity index (χ4v) is 1.57. The number of hydrogen-bond acceptors (Lipinski definition) is 2. The third-order valence-corrected chi connectivity index (χ3v) is 2.65. The van der Waals surface area contributed by atoms with Crippen molar-refractivity contribution in [2.75, 3.05) is 6.54 Å². The summed E-state index contributed by atoms with van der Waals surface area (Å²) in [5.74, 6) is 0. The monoisotopic (exact) mass is 232 g/mol. The molecule has 1 heterocycles. The molecule has 1 aromatic heterocycles. The highest BCUT2D eigenvalue weighted by molar-refractivity contribution is 6.32. The molecular weight excluding hydrogens is 219 g/mol. The lowest BCUT2D eigenvalue weighted by atomic mass is 9.86. The lowest BCUT2D eigenvalue weighted by Crippen LogP contribution is -2.26. The van der Waals surface area contributed by atoms with E-state index in [1.54, 1.807) is 6.07 Å². The Bertz CT molecular complexity index is 324. The van der Waals surface area contributed by atoms with Crippen molar-refractivity contribution in [1.29, 1.82) is 0 Å². The second-order valence-corrected chi connectivity index (χ2v) is 4.87. The van der Waals surface area contributed by atoms with E-state index in [4.69, 9.17) is 28.9 Å². The predicted octanol–water partition coefficient (Wildman–Crippen LogP) is 2.92. The zero-order chi connectivity index (χ0) is 10.8. The van der Waals surface area contributed by atoms with Crippen LogP contribution in [-0.2, 0) is 6.42 Å². The molecule has 0 bridgehead atoms. The quantitative estimate of drug-likeness (QED) is 0.815. The van der Waals surface area contributed by atoms with Crippen LogP contribution in [0.2, 0.25) is 10.3 Å². The molecule has 0 unspecified atom stereocenters. The Hall–Kier alpha value is -0.310. The van der Waals surface area contributed by atoms with Crippen molar-refractivity contribution in [3.63, 3.8) is 0 Å². The molecule has 0 aliphatic heterocycles. The molecule has 78 valence electrons. The van der Waals surface area contributed by atoms with Gasteiger partial charge in [0.05, 0.1) is 0 Å². The van der Waals surface area contributed by atoms with Gasteiger partial charge in [-0.25, -0.2) is 4.98 Å². The molecule has 0 aromatic carbocycles. The van der Waals surface area contributed by atoms with Crippen molar-refractivity contribution in [2.45, 2.75) is 20.3 Å². The molecule has 0 saturated carbocycles. The minimum atomic E-state index is 0.0408. The van der Waals surface area contributed by atoms with Crippen LogP contribution in [0.15, 0.2) is 12.1 Å². The number of pyridine rings is 1. The fourth-order valence-electron chi connectivity index (χ4n) is 1.16. The maximum atomic E-state index is 5.96. The van der Waals surface area contributed by atoms with Gasteiger partial charge in [0.1, 0.15) is 10.3 Å². The van der Waals surface area contributed by atoms with Crippen LogP contribution < -0.4 is 5.73 Å². The molecule has 0 spiro atoms. The van der Waals surface area contributed by atoms with Gasteiger partial charge in [-0.15, -0.1) is 0 Å². The highest BCUT2D eigenvalue weighted by Crippen LogP contribution is 2.25. The average Bonchev–Trinajstić information content (AvgIpc) is 2.10. The molecule has 0 saturated heterocycles. The van der Waals surface area contributed by atoms with Gasteiger partial charge in [0.25, 0.3) is 0 Å². The number of hydrogen-bond donors (Lipinski definition) is 1. The lowest BCUT2D eigenvalue weighted by Gasteiger charge is -2.22. The minimum absolute atomic E-state index is 0.0408. The fraction of sp³-hybridized carbons (Fsp3) is 0.500. The van der Waals surface area contributed by atoms with Gasteiger partial charge >= 0.3 is 0 Å². The number of nitrogens with two attached hydrogens (primary N) is 1. The van der Waals surface area contributed by atoms with Crippen LogP contribution in [-0.4, -0.2) is 11.5 Å². The summed E-state index contributed by atoms with van der Waals surface area (Å²) >= 11 is 11.7. The maximum absolute atomic E-state index is 5.96. The van der Waals surface area contributed by atoms with Crippen molar-refractivity contribution < 1.29 is 0 Å². The number of halogens is 2. The summed E-state index contributed by atoms with van der Waals surface area (Å²) in [6, 6.07) is 3.64. The molecule has 1 aromatic rings. The molecule has 0 fully saturated rings. The van der Waals surface area contributed by atoms with Crippen molar-refractivity contribution >= 4 is 23.2 Å². The molecule has 2 N–H and O–H groups in total. The first-order valence-electron chi connectivity index (χ1n) is 4.45. The molecule has 0 atom stereocenters. The third-order valence-electron chi connectivity index (χ3n) is 2.11. The molecule has 0 amide bonds. The van der Waals surface area contributed by atoms with Crippen LogP contribution in [0.3, 0.4) is 0 Å². The van der Waals surface area contributed by atoms with E-state index in [-0.39, 0.29) is 5.41 Å². The molecule has 0 aliphatic carbocycles. The van der Waals surface area contributed by atoms with Gasteiger partial charge in [0, 0.05) is 0 Å². The van der Waals surface area contributed by atoms with Crippen LogP contribution in [0.5, 0.6) is 0 Å². The second kappa shape index (κ2) is 4.47. The van der Waals surface area contributed by atoms with Crippen molar-refractivity contribution in [3.8, 4) is 0 Å². The van der Waals surface area contributed by atoms with Gasteiger partial charge in [-0.2, -0.15) is 0 Å². The van der Waals surface area contributed by atoms with E-state index in [1.165, 1.54) is 0 Å². The summed E-state index contributed by atoms with van der Waals surface area (Å²) in [5.41, 5.74) is 6.68. The van der Waals surface area contributed by atoms with Crippen molar-refractivity contribution in [2.24, 2.45) is 11.1 Å². The van der Waals surface area contributed by atoms with E-state index < -0.39 is 0 Å². The number of rotatable bonds is 3. The smallest absolute Gasteiger partial charge is 0.134 e. The van der Waals surface area contributed by atoms with E-state index in [0.717, 1.165) is 12.0 Å². The highest BCUT2D eigenvalue weighted by Gasteiger charge is 2.18. The summed E-state index contributed by atoms with van der Waals surface area (Å²) in [4.78, 5) is 3.98. The summed E-state index contributed by atoms with van der Waals surface area (Å²) in [5, 5.41) is 0.892. The Balaban J connectivity index is 2.87. The molecule has 1 rings (SSSR count). The van der Waals surface area contributed by atoms with Crippen LogP contribution in [0.4, 0.5) is 0 Å². The Kier molecular flexibility index (Phi) is 3.76. The van der Waals surface area contributed by atoms with Crippen molar-refractivity contribution in [1.82, 2.24) is 4.98 Å². The topological polar surface area (TPSA) is 38.9 Å². The predicted molar refractivity (Wildman–Crippen MR) is 60.8 cm³/mol. The summed E-state index contributed by atoms with van der Waals surface area (Å²) in [7, 11) is 0. The Labute approximate surface area is 94.4 Å². The van der Waals surface area contributed by atoms with Crippen LogP contribution in [0.25, 0.3) is 0 Å². The second-order valence-electron chi connectivity index (χ2n) is 4.13. The first kappa shape index (κ1) is 11.8. The molecule has 4 heteroatoms. The van der Waals surface area contributed by atoms with Crippen LogP contribution in [0, 0.1) is 5.41 Å². The van der Waals surface area contributed by atoms with E-state index in [2.05, 4.69) is 18.8 Å². The average molecular weight is 233 g/mol. The zero-order valence-electron chi connectivity index (χ0n) is 8.35. The highest BCUT2D eigenvalue weighted by atomic mass is 35.5. The van der Waals surface area contributed by atoms with E-state index in [1.807, 2.05) is 6.07 Å². The normalized spacial score (nSPS) is 11.8. The molecule has 14 heavy (non-hydrogen) atoms. The van der Waals surface area contributed by atoms with E-state index in [9.17, 15) is 0 Å². The summed E-state index contributed by atoms with van der Waals surface area (Å²) < 4.78 is 0. The van der Waals surface area contributed by atoms with Crippen LogP contribution >= 0.6 is 23.2 Å². The standard InChI is InChI=1S/C10H14Cl2N2/c1-10(2,6-13)5-7-3-4-8(11)14-9(7)12/h3-4H,5-6,13H2,1-2H3. The van der Waals surface area contributed by atoms with Gasteiger partial charge in [0.15, 0.2) is 0 Å². The van der Waals surface area contributed by atoms with Crippen molar-refractivity contribution in [3.05, 3.63) is 28.0 Å². The maximum Gasteiger partial charge on any atom is 0.134 e. The zero-order valence-corrected chi connectivity index (χ0v) is 9.86. The van der Waals surface area contributed by atoms with Crippen LogP contribution in [0.1, 0.15) is 19.4 Å². The summed E-state index contributed by atoms with van der Waals surface area (Å²) in [6.45, 7) is 4.81. The largest absolute Gasteiger partial charge is 0.330 e. The Morgan fingerprint density at radius 1 is 1.36 bits per heavy atom. The van der Waals surface area contributed by atoms with Gasteiger partial charge in [-0.3, -0.25) is 0 Å². The number of aromatic nitrogens is 1. The third kappa shape index (κ3) is 3.12. The lowest BCUT2D eigenvalue weighted by molar-refractivity contribution is 0.376. The minimum Gasteiger partial charge on any atom is -0.330 e. The molecule has 0 aliphatic rings.